The van der Waals surface area contributed by atoms with E-state index in [1.807, 2.05) is 0 Å². The van der Waals surface area contributed by atoms with Crippen LogP contribution in [0, 0.1) is 0 Å². The molecule has 2 aliphatic rings. The molecular weight excluding hydrogens is 200 g/mol. The van der Waals surface area contributed by atoms with E-state index in [-0.39, 0.29) is 6.10 Å². The Labute approximate surface area is 99.2 Å². The number of rotatable bonds is 4. The molecule has 0 spiro atoms. The molecule has 1 aliphatic heterocycles. The molecule has 16 heavy (non-hydrogen) atoms. The molecule has 94 valence electrons. The molecule has 3 heteroatoms. The molecular formula is C13H26N2O. The molecule has 0 aromatic carbocycles. The predicted octanol–water partition coefficient (Wildman–Crippen LogP) is 1.37. The summed E-state index contributed by atoms with van der Waals surface area (Å²) in [5.74, 6) is 0. The van der Waals surface area contributed by atoms with Crippen LogP contribution in [0.25, 0.3) is 0 Å². The van der Waals surface area contributed by atoms with Crippen LogP contribution in [0.15, 0.2) is 0 Å². The molecule has 1 unspecified atom stereocenters. The van der Waals surface area contributed by atoms with Gasteiger partial charge in [-0.3, -0.25) is 4.90 Å². The molecule has 2 N–H and O–H groups in total. The Morgan fingerprint density at radius 1 is 1.06 bits per heavy atom. The summed E-state index contributed by atoms with van der Waals surface area (Å²) < 4.78 is 0. The van der Waals surface area contributed by atoms with Gasteiger partial charge in [-0.2, -0.15) is 0 Å². The molecule has 0 bridgehead atoms. The van der Waals surface area contributed by atoms with Gasteiger partial charge in [0.1, 0.15) is 0 Å². The lowest BCUT2D eigenvalue weighted by atomic mass is 9.95. The summed E-state index contributed by atoms with van der Waals surface area (Å²) in [5.41, 5.74) is 0. The largest absolute Gasteiger partial charge is 0.392 e. The summed E-state index contributed by atoms with van der Waals surface area (Å²) in [6, 6.07) is 0.767. The van der Waals surface area contributed by atoms with Crippen molar-refractivity contribution in [3.8, 4) is 0 Å². The Morgan fingerprint density at radius 2 is 1.88 bits per heavy atom. The van der Waals surface area contributed by atoms with Gasteiger partial charge in [-0.05, 0) is 32.2 Å². The minimum Gasteiger partial charge on any atom is -0.392 e. The van der Waals surface area contributed by atoms with E-state index in [4.69, 9.17) is 0 Å². The normalized spacial score (nSPS) is 29.4. The van der Waals surface area contributed by atoms with Gasteiger partial charge in [-0.15, -0.1) is 0 Å². The van der Waals surface area contributed by atoms with Crippen molar-refractivity contribution < 1.29 is 5.11 Å². The molecule has 0 aromatic rings. The Bertz CT molecular complexity index is 192. The van der Waals surface area contributed by atoms with Gasteiger partial charge in [0.2, 0.25) is 0 Å². The second-order valence-electron chi connectivity index (χ2n) is 5.39. The number of β-amino-alcohol motifs (C(OH)–C–C–N with tert-alkyl or cyclic N) is 1. The highest BCUT2D eigenvalue weighted by Gasteiger charge is 2.17. The first-order chi connectivity index (χ1) is 7.84. The van der Waals surface area contributed by atoms with Crippen LogP contribution in [-0.4, -0.2) is 48.3 Å². The first-order valence-electron chi connectivity index (χ1n) is 6.98. The fourth-order valence-corrected chi connectivity index (χ4v) is 2.97. The van der Waals surface area contributed by atoms with Gasteiger partial charge in [0.15, 0.2) is 0 Å². The zero-order chi connectivity index (χ0) is 11.2. The Kier molecular flexibility index (Phi) is 5.07. The summed E-state index contributed by atoms with van der Waals surface area (Å²) in [4.78, 5) is 2.39. The van der Waals surface area contributed by atoms with Gasteiger partial charge in [0.25, 0.3) is 0 Å². The van der Waals surface area contributed by atoms with Crippen molar-refractivity contribution in [3.05, 3.63) is 0 Å². The number of aliphatic hydroxyl groups is 1. The standard InChI is InChI=1S/C13H26N2O/c16-13-7-4-9-15(11-13)10-8-14-12-5-2-1-3-6-12/h12-14,16H,1-11H2. The summed E-state index contributed by atoms with van der Waals surface area (Å²) >= 11 is 0. The first-order valence-corrected chi connectivity index (χ1v) is 6.98. The predicted molar refractivity (Wildman–Crippen MR) is 66.6 cm³/mol. The average Bonchev–Trinajstić information content (AvgIpc) is 2.30. The van der Waals surface area contributed by atoms with Crippen LogP contribution in [0.4, 0.5) is 0 Å². The molecule has 1 aliphatic carbocycles. The van der Waals surface area contributed by atoms with Gasteiger partial charge >= 0.3 is 0 Å². The molecule has 2 rings (SSSR count). The molecule has 1 heterocycles. The first kappa shape index (κ1) is 12.3. The summed E-state index contributed by atoms with van der Waals surface area (Å²) in [6.45, 7) is 4.25. The van der Waals surface area contributed by atoms with Crippen molar-refractivity contribution in [3.63, 3.8) is 0 Å². The van der Waals surface area contributed by atoms with Crippen LogP contribution in [0.1, 0.15) is 44.9 Å². The minimum atomic E-state index is -0.0802. The summed E-state index contributed by atoms with van der Waals surface area (Å²) in [5, 5.41) is 13.2. The molecule has 2 fully saturated rings. The Morgan fingerprint density at radius 3 is 2.62 bits per heavy atom. The maximum Gasteiger partial charge on any atom is 0.0667 e. The quantitative estimate of drug-likeness (QED) is 0.760. The lowest BCUT2D eigenvalue weighted by Crippen LogP contribution is -2.43. The number of likely N-dealkylation sites (tertiary alicyclic amines) is 1. The van der Waals surface area contributed by atoms with Crippen molar-refractivity contribution >= 4 is 0 Å². The fraction of sp³-hybridized carbons (Fsp3) is 1.00. The molecule has 1 atom stereocenters. The van der Waals surface area contributed by atoms with Gasteiger partial charge in [-0.25, -0.2) is 0 Å². The second-order valence-corrected chi connectivity index (χ2v) is 5.39. The third-order valence-electron chi connectivity index (χ3n) is 3.95. The van der Waals surface area contributed by atoms with Crippen LogP contribution < -0.4 is 5.32 Å². The number of nitrogens with one attached hydrogen (secondary N) is 1. The van der Waals surface area contributed by atoms with Crippen molar-refractivity contribution in [1.82, 2.24) is 10.2 Å². The van der Waals surface area contributed by atoms with Crippen molar-refractivity contribution in [2.75, 3.05) is 26.2 Å². The zero-order valence-electron chi connectivity index (χ0n) is 10.3. The maximum absolute atomic E-state index is 9.57. The highest BCUT2D eigenvalue weighted by atomic mass is 16.3. The summed E-state index contributed by atoms with van der Waals surface area (Å²) in [7, 11) is 0. The van der Waals surface area contributed by atoms with Gasteiger partial charge in [-0.1, -0.05) is 19.3 Å². The molecule has 1 saturated heterocycles. The molecule has 1 saturated carbocycles. The van der Waals surface area contributed by atoms with Crippen LogP contribution in [-0.2, 0) is 0 Å². The maximum atomic E-state index is 9.57. The third kappa shape index (κ3) is 4.04. The van der Waals surface area contributed by atoms with E-state index in [2.05, 4.69) is 10.2 Å². The number of nitrogens with zero attached hydrogens (tertiary/aromatic N) is 1. The average molecular weight is 226 g/mol. The Hall–Kier alpha value is -0.120. The van der Waals surface area contributed by atoms with Crippen LogP contribution >= 0.6 is 0 Å². The van der Waals surface area contributed by atoms with E-state index >= 15 is 0 Å². The van der Waals surface area contributed by atoms with Crippen molar-refractivity contribution in [2.24, 2.45) is 0 Å². The lowest BCUT2D eigenvalue weighted by molar-refractivity contribution is 0.0707. The summed E-state index contributed by atoms with van der Waals surface area (Å²) in [6.07, 6.45) is 9.03. The van der Waals surface area contributed by atoms with Crippen molar-refractivity contribution in [1.29, 1.82) is 0 Å². The van der Waals surface area contributed by atoms with E-state index in [0.29, 0.717) is 0 Å². The Balaban J connectivity index is 1.56. The van der Waals surface area contributed by atoms with Gasteiger partial charge in [0, 0.05) is 25.7 Å². The van der Waals surface area contributed by atoms with Gasteiger partial charge in [0.05, 0.1) is 6.10 Å². The number of aliphatic hydroxyl groups excluding tert-OH is 1. The zero-order valence-corrected chi connectivity index (χ0v) is 10.3. The highest BCUT2D eigenvalue weighted by Crippen LogP contribution is 2.17. The minimum absolute atomic E-state index is 0.0802. The topological polar surface area (TPSA) is 35.5 Å². The van der Waals surface area contributed by atoms with E-state index < -0.39 is 0 Å². The fourth-order valence-electron chi connectivity index (χ4n) is 2.97. The molecule has 0 aromatic heterocycles. The smallest absolute Gasteiger partial charge is 0.0667 e. The van der Waals surface area contributed by atoms with E-state index in [1.54, 1.807) is 0 Å². The van der Waals surface area contributed by atoms with Crippen LogP contribution in [0.5, 0.6) is 0 Å². The van der Waals surface area contributed by atoms with Crippen LogP contribution in [0.3, 0.4) is 0 Å². The van der Waals surface area contributed by atoms with Crippen molar-refractivity contribution in [2.45, 2.75) is 57.1 Å². The number of hydrogen-bond acceptors (Lipinski definition) is 3. The van der Waals surface area contributed by atoms with E-state index in [0.717, 1.165) is 38.5 Å². The highest BCUT2D eigenvalue weighted by molar-refractivity contribution is 4.75. The monoisotopic (exact) mass is 226 g/mol. The molecule has 3 nitrogen and oxygen atoms in total. The second kappa shape index (κ2) is 6.58. The SMILES string of the molecule is OC1CCCN(CCNC2CCCCC2)C1. The van der Waals surface area contributed by atoms with E-state index in [9.17, 15) is 5.11 Å². The van der Waals surface area contributed by atoms with E-state index in [1.165, 1.54) is 38.6 Å². The number of piperidine rings is 1. The molecule has 0 amide bonds. The third-order valence-corrected chi connectivity index (χ3v) is 3.95. The number of hydrogen-bond donors (Lipinski definition) is 2. The molecule has 0 radical (unpaired) electrons. The van der Waals surface area contributed by atoms with Crippen LogP contribution in [0.2, 0.25) is 0 Å². The van der Waals surface area contributed by atoms with Gasteiger partial charge < -0.3 is 10.4 Å². The lowest BCUT2D eigenvalue weighted by Gasteiger charge is -2.31.